The van der Waals surface area contributed by atoms with Gasteiger partial charge in [-0.2, -0.15) is 26.3 Å². The predicted octanol–water partition coefficient (Wildman–Crippen LogP) is 3.45. The van der Waals surface area contributed by atoms with Gasteiger partial charge in [0.15, 0.2) is 0 Å². The summed E-state index contributed by atoms with van der Waals surface area (Å²) in [5, 5.41) is 14.2. The van der Waals surface area contributed by atoms with Gasteiger partial charge in [0.05, 0.1) is 0 Å². The Balaban J connectivity index is 0.000000383. The molecule has 2 aliphatic rings. The van der Waals surface area contributed by atoms with Gasteiger partial charge in [0, 0.05) is 54.4 Å². The number of hydrogen-bond acceptors (Lipinski definition) is 6. The van der Waals surface area contributed by atoms with Crippen LogP contribution < -0.4 is 0 Å². The second-order valence-electron chi connectivity index (χ2n) is 8.44. The fourth-order valence-corrected chi connectivity index (χ4v) is 4.72. The van der Waals surface area contributed by atoms with Crippen LogP contribution in [0.3, 0.4) is 0 Å². The van der Waals surface area contributed by atoms with Crippen molar-refractivity contribution in [3.05, 3.63) is 21.9 Å². The Hall–Kier alpha value is -2.39. The summed E-state index contributed by atoms with van der Waals surface area (Å²) in [6.45, 7) is 6.18. The van der Waals surface area contributed by atoms with Gasteiger partial charge in [0.25, 0.3) is 0 Å². The highest BCUT2D eigenvalue weighted by Gasteiger charge is 2.43. The van der Waals surface area contributed by atoms with E-state index in [-0.39, 0.29) is 0 Å². The molecule has 0 bridgehead atoms. The quantitative estimate of drug-likeness (QED) is 0.543. The lowest BCUT2D eigenvalue weighted by Gasteiger charge is -2.40. The summed E-state index contributed by atoms with van der Waals surface area (Å²) in [5.74, 6) is -5.16. The van der Waals surface area contributed by atoms with Crippen molar-refractivity contribution in [3.8, 4) is 0 Å². The number of aryl methyl sites for hydroxylation is 1. The minimum Gasteiger partial charge on any atom is -0.475 e. The number of carbonyl (C=O) groups is 3. The molecule has 0 spiro atoms. The smallest absolute Gasteiger partial charge is 0.475 e. The number of rotatable bonds is 5. The SMILES string of the molecule is Cc1ccc(CN2CC[C@@H]3[C@H]2CCC(=O)N3CCN(C)C)s1.O=C(O)C(F)(F)F.O=C(O)C(F)(F)F. The van der Waals surface area contributed by atoms with Crippen LogP contribution in [-0.2, 0) is 20.9 Å². The van der Waals surface area contributed by atoms with Crippen molar-refractivity contribution in [3.63, 3.8) is 0 Å². The Kier molecular flexibility index (Phi) is 11.6. The van der Waals surface area contributed by atoms with Gasteiger partial charge in [-0.15, -0.1) is 11.3 Å². The fourth-order valence-electron chi connectivity index (χ4n) is 3.80. The maximum Gasteiger partial charge on any atom is 0.490 e. The summed E-state index contributed by atoms with van der Waals surface area (Å²) < 4.78 is 63.5. The summed E-state index contributed by atoms with van der Waals surface area (Å²) >= 11 is 1.90. The number of nitrogens with zero attached hydrogens (tertiary/aromatic N) is 3. The number of aliphatic carboxylic acids is 2. The molecular weight excluding hydrogens is 520 g/mol. The number of hydrogen-bond donors (Lipinski definition) is 2. The van der Waals surface area contributed by atoms with E-state index >= 15 is 0 Å². The number of amides is 1. The van der Waals surface area contributed by atoms with E-state index in [9.17, 15) is 31.1 Å². The third-order valence-corrected chi connectivity index (χ3v) is 6.41. The number of carboxylic acids is 2. The number of carboxylic acid groups (broad SMARTS) is 2. The van der Waals surface area contributed by atoms with Gasteiger partial charge in [-0.05, 0) is 46.0 Å². The Morgan fingerprint density at radius 2 is 1.56 bits per heavy atom. The van der Waals surface area contributed by atoms with Crippen molar-refractivity contribution in [2.24, 2.45) is 0 Å². The normalized spacial score (nSPS) is 20.3. The summed E-state index contributed by atoms with van der Waals surface area (Å²) in [7, 11) is 4.15. The minimum absolute atomic E-state index is 0.358. The molecule has 206 valence electrons. The van der Waals surface area contributed by atoms with E-state index in [1.807, 2.05) is 11.3 Å². The maximum absolute atomic E-state index is 12.3. The molecular formula is C21H29F6N3O5S. The largest absolute Gasteiger partial charge is 0.490 e. The molecule has 2 N–H and O–H groups in total. The van der Waals surface area contributed by atoms with E-state index < -0.39 is 24.3 Å². The number of alkyl halides is 6. The molecule has 1 aromatic heterocycles. The molecule has 0 saturated carbocycles. The Morgan fingerprint density at radius 1 is 1.03 bits per heavy atom. The zero-order chi connectivity index (χ0) is 27.8. The van der Waals surface area contributed by atoms with E-state index in [0.29, 0.717) is 24.4 Å². The van der Waals surface area contributed by atoms with E-state index in [1.54, 1.807) is 0 Å². The molecule has 3 rings (SSSR count). The third-order valence-electron chi connectivity index (χ3n) is 5.43. The molecule has 0 radical (unpaired) electrons. The van der Waals surface area contributed by atoms with Gasteiger partial charge in [0.2, 0.25) is 5.91 Å². The van der Waals surface area contributed by atoms with Crippen LogP contribution in [0, 0.1) is 6.92 Å². The second-order valence-corrected chi connectivity index (χ2v) is 9.81. The van der Waals surface area contributed by atoms with E-state index in [2.05, 4.69) is 47.9 Å². The van der Waals surface area contributed by atoms with Crippen LogP contribution in [0.25, 0.3) is 0 Å². The molecule has 0 unspecified atom stereocenters. The third kappa shape index (κ3) is 10.3. The van der Waals surface area contributed by atoms with Crippen LogP contribution in [-0.4, -0.2) is 101 Å². The molecule has 3 heterocycles. The first-order chi connectivity index (χ1) is 16.4. The van der Waals surface area contributed by atoms with Gasteiger partial charge in [-0.3, -0.25) is 9.69 Å². The molecule has 8 nitrogen and oxygen atoms in total. The van der Waals surface area contributed by atoms with Crippen molar-refractivity contribution < 1.29 is 50.9 Å². The fraction of sp³-hybridized carbons (Fsp3) is 0.667. The van der Waals surface area contributed by atoms with Crippen LogP contribution in [0.1, 0.15) is 29.0 Å². The lowest BCUT2D eigenvalue weighted by atomic mass is 9.96. The molecule has 2 aliphatic heterocycles. The number of likely N-dealkylation sites (tertiary alicyclic amines) is 2. The first-order valence-electron chi connectivity index (χ1n) is 10.8. The Bertz CT molecular complexity index is 866. The highest BCUT2D eigenvalue weighted by Crippen LogP contribution is 2.33. The molecule has 1 aromatic rings. The molecule has 0 aromatic carbocycles. The zero-order valence-corrected chi connectivity index (χ0v) is 20.7. The zero-order valence-electron chi connectivity index (χ0n) is 19.9. The topological polar surface area (TPSA) is 101 Å². The summed E-state index contributed by atoms with van der Waals surface area (Å²) in [6, 6.07) is 5.46. The van der Waals surface area contributed by atoms with E-state index in [0.717, 1.165) is 39.0 Å². The monoisotopic (exact) mass is 549 g/mol. The number of likely N-dealkylation sites (N-methyl/N-ethyl adjacent to an activating group) is 1. The number of thiophene rings is 1. The van der Waals surface area contributed by atoms with Gasteiger partial charge in [-0.25, -0.2) is 9.59 Å². The first kappa shape index (κ1) is 31.6. The Morgan fingerprint density at radius 3 is 1.97 bits per heavy atom. The molecule has 15 heteroatoms. The molecule has 1 amide bonds. The average Bonchev–Trinajstić information content (AvgIpc) is 3.33. The number of piperidine rings is 1. The minimum atomic E-state index is -5.08. The lowest BCUT2D eigenvalue weighted by molar-refractivity contribution is -0.193. The summed E-state index contributed by atoms with van der Waals surface area (Å²) in [6.07, 6.45) is -7.28. The van der Waals surface area contributed by atoms with Crippen LogP contribution in [0.5, 0.6) is 0 Å². The van der Waals surface area contributed by atoms with Gasteiger partial charge >= 0.3 is 24.3 Å². The van der Waals surface area contributed by atoms with Crippen molar-refractivity contribution in [2.45, 2.75) is 57.2 Å². The standard InChI is InChI=1S/C17H27N3OS.2C2HF3O2/c1-13-4-5-14(22-13)12-19-9-8-16-15(19)6-7-17(21)20(16)11-10-18(2)3;2*3-2(4,5)1(6)7/h4-5,15-16H,6-12H2,1-3H3;2*(H,6,7)/t15-,16-;;/m1../s1. The van der Waals surface area contributed by atoms with Gasteiger partial charge in [-0.1, -0.05) is 0 Å². The van der Waals surface area contributed by atoms with Crippen molar-refractivity contribution in [1.29, 1.82) is 0 Å². The van der Waals surface area contributed by atoms with Crippen LogP contribution in [0.2, 0.25) is 0 Å². The molecule has 2 fully saturated rings. The molecule has 2 saturated heterocycles. The number of halogens is 6. The van der Waals surface area contributed by atoms with E-state index in [1.165, 1.54) is 9.75 Å². The lowest BCUT2D eigenvalue weighted by Crippen LogP contribution is -2.53. The summed E-state index contributed by atoms with van der Waals surface area (Å²) in [4.78, 5) is 39.9. The first-order valence-corrected chi connectivity index (χ1v) is 11.6. The average molecular weight is 550 g/mol. The van der Waals surface area contributed by atoms with Gasteiger partial charge < -0.3 is 20.0 Å². The molecule has 2 atom stereocenters. The van der Waals surface area contributed by atoms with Crippen molar-refractivity contribution >= 4 is 29.2 Å². The van der Waals surface area contributed by atoms with Crippen LogP contribution >= 0.6 is 11.3 Å². The highest BCUT2D eigenvalue weighted by atomic mass is 32.1. The van der Waals surface area contributed by atoms with Crippen molar-refractivity contribution in [2.75, 3.05) is 33.7 Å². The highest BCUT2D eigenvalue weighted by molar-refractivity contribution is 7.11. The maximum atomic E-state index is 12.3. The van der Waals surface area contributed by atoms with Crippen LogP contribution in [0.15, 0.2) is 12.1 Å². The summed E-state index contributed by atoms with van der Waals surface area (Å²) in [5.41, 5.74) is 0. The van der Waals surface area contributed by atoms with Crippen LogP contribution in [0.4, 0.5) is 26.3 Å². The second kappa shape index (κ2) is 13.2. The van der Waals surface area contributed by atoms with E-state index in [4.69, 9.17) is 19.8 Å². The predicted molar refractivity (Wildman–Crippen MR) is 119 cm³/mol. The number of fused-ring (bicyclic) bond motifs is 1. The van der Waals surface area contributed by atoms with Gasteiger partial charge in [0.1, 0.15) is 0 Å². The Labute approximate surface area is 208 Å². The molecule has 0 aliphatic carbocycles. The number of carbonyl (C=O) groups excluding carboxylic acids is 1. The van der Waals surface area contributed by atoms with Crippen molar-refractivity contribution in [1.82, 2.24) is 14.7 Å². The molecule has 36 heavy (non-hydrogen) atoms.